The highest BCUT2D eigenvalue weighted by molar-refractivity contribution is 7.92. The Labute approximate surface area is 189 Å². The van der Waals surface area contributed by atoms with Crippen LogP contribution in [0, 0.1) is 6.92 Å². The molecule has 1 heterocycles. The van der Waals surface area contributed by atoms with Crippen molar-refractivity contribution in [3.63, 3.8) is 0 Å². The molecule has 0 radical (unpaired) electrons. The lowest BCUT2D eigenvalue weighted by Crippen LogP contribution is -2.09. The van der Waals surface area contributed by atoms with E-state index in [0.717, 1.165) is 45.0 Å². The summed E-state index contributed by atoms with van der Waals surface area (Å²) >= 11 is 7.52. The van der Waals surface area contributed by atoms with E-state index >= 15 is 0 Å². The summed E-state index contributed by atoms with van der Waals surface area (Å²) in [7, 11) is -1.85. The average molecular weight is 478 g/mol. The van der Waals surface area contributed by atoms with Gasteiger partial charge in [-0.25, -0.2) is 13.2 Å². The number of aryl methyl sites for hydroxylation is 1. The molecule has 0 fully saturated rings. The van der Waals surface area contributed by atoms with E-state index in [0.29, 0.717) is 16.5 Å². The van der Waals surface area contributed by atoms with Crippen LogP contribution in [0.5, 0.6) is 5.75 Å². The van der Waals surface area contributed by atoms with Crippen molar-refractivity contribution >= 4 is 50.7 Å². The first-order valence-corrected chi connectivity index (χ1v) is 12.2. The molecule has 0 saturated carbocycles. The second-order valence-electron chi connectivity index (χ2n) is 6.81. The van der Waals surface area contributed by atoms with Gasteiger partial charge in [0.05, 0.1) is 13.4 Å². The van der Waals surface area contributed by atoms with Crippen molar-refractivity contribution in [1.82, 2.24) is 0 Å². The van der Waals surface area contributed by atoms with E-state index in [9.17, 15) is 13.2 Å². The summed E-state index contributed by atoms with van der Waals surface area (Å²) in [6.45, 7) is 1.87. The molecule has 0 atom stereocenters. The van der Waals surface area contributed by atoms with E-state index in [1.807, 2.05) is 24.4 Å². The molecule has 3 rings (SSSR count). The van der Waals surface area contributed by atoms with E-state index < -0.39 is 16.0 Å². The fourth-order valence-electron chi connectivity index (χ4n) is 3.23. The molecule has 162 valence electrons. The van der Waals surface area contributed by atoms with Crippen LogP contribution in [-0.4, -0.2) is 32.9 Å². The lowest BCUT2D eigenvalue weighted by Gasteiger charge is -2.14. The number of hydrogen-bond donors (Lipinski definition) is 2. The number of hydrogen-bond acceptors (Lipinski definition) is 5. The van der Waals surface area contributed by atoms with Crippen LogP contribution < -0.4 is 9.46 Å². The predicted molar refractivity (Wildman–Crippen MR) is 127 cm³/mol. The predicted octanol–water partition coefficient (Wildman–Crippen LogP) is 5.52. The minimum atomic E-state index is -3.40. The Bertz CT molecular complexity index is 1280. The van der Waals surface area contributed by atoms with Crippen molar-refractivity contribution in [2.75, 3.05) is 18.1 Å². The van der Waals surface area contributed by atoms with Crippen molar-refractivity contribution in [2.24, 2.45) is 0 Å². The van der Waals surface area contributed by atoms with Crippen molar-refractivity contribution in [1.29, 1.82) is 0 Å². The van der Waals surface area contributed by atoms with Gasteiger partial charge >= 0.3 is 5.97 Å². The maximum absolute atomic E-state index is 11.6. The molecular weight excluding hydrogens is 458 g/mol. The number of carboxylic acids is 1. The van der Waals surface area contributed by atoms with Crippen molar-refractivity contribution < 1.29 is 23.1 Å². The van der Waals surface area contributed by atoms with Gasteiger partial charge in [-0.15, -0.1) is 11.3 Å². The molecule has 0 spiro atoms. The zero-order valence-electron chi connectivity index (χ0n) is 17.0. The standard InChI is InChI=1S/C22H20ClNO5S2/c1-13-10-15(24-31(3,27)28)5-7-16(13)22-18(12-30-20(22)8-9-21(25)26)17-6-4-14(23)11-19(17)29-2/h4-12,24H,1-3H3,(H,25,26)/b9-8+. The van der Waals surface area contributed by atoms with Gasteiger partial charge in [0.25, 0.3) is 0 Å². The third-order valence-electron chi connectivity index (χ3n) is 4.45. The number of rotatable bonds is 7. The molecular formula is C22H20ClNO5S2. The summed E-state index contributed by atoms with van der Waals surface area (Å²) in [5.74, 6) is -0.456. The first kappa shape index (κ1) is 22.9. The van der Waals surface area contributed by atoms with Crippen LogP contribution in [-0.2, 0) is 14.8 Å². The van der Waals surface area contributed by atoms with Crippen LogP contribution in [0.25, 0.3) is 28.3 Å². The van der Waals surface area contributed by atoms with E-state index in [1.165, 1.54) is 11.3 Å². The molecule has 0 unspecified atom stereocenters. The summed E-state index contributed by atoms with van der Waals surface area (Å²) in [6, 6.07) is 10.6. The second kappa shape index (κ2) is 9.13. The number of halogens is 1. The molecule has 0 aliphatic carbocycles. The minimum absolute atomic E-state index is 0.451. The summed E-state index contributed by atoms with van der Waals surface area (Å²) in [5, 5.41) is 11.6. The molecule has 1 aromatic heterocycles. The number of nitrogens with one attached hydrogen (secondary N) is 1. The van der Waals surface area contributed by atoms with E-state index in [1.54, 1.807) is 37.5 Å². The maximum atomic E-state index is 11.6. The number of ether oxygens (including phenoxy) is 1. The molecule has 3 aromatic rings. The Morgan fingerprint density at radius 2 is 1.87 bits per heavy atom. The number of thiophene rings is 1. The second-order valence-corrected chi connectivity index (χ2v) is 9.90. The molecule has 2 aromatic carbocycles. The highest BCUT2D eigenvalue weighted by atomic mass is 35.5. The molecule has 31 heavy (non-hydrogen) atoms. The summed E-state index contributed by atoms with van der Waals surface area (Å²) in [4.78, 5) is 11.8. The van der Waals surface area contributed by atoms with E-state index in [-0.39, 0.29) is 0 Å². The number of aliphatic carboxylic acids is 1. The van der Waals surface area contributed by atoms with Gasteiger partial charge in [-0.3, -0.25) is 4.72 Å². The van der Waals surface area contributed by atoms with Crippen LogP contribution in [0.1, 0.15) is 10.4 Å². The first-order valence-electron chi connectivity index (χ1n) is 9.04. The third-order valence-corrected chi connectivity index (χ3v) is 6.24. The molecule has 0 saturated heterocycles. The molecule has 2 N–H and O–H groups in total. The monoisotopic (exact) mass is 477 g/mol. The SMILES string of the molecule is COc1cc(Cl)ccc1-c1csc(/C=C/C(=O)O)c1-c1ccc(NS(C)(=O)=O)cc1C. The minimum Gasteiger partial charge on any atom is -0.496 e. The van der Waals surface area contributed by atoms with Crippen LogP contribution in [0.15, 0.2) is 47.9 Å². The largest absolute Gasteiger partial charge is 0.496 e. The normalized spacial score (nSPS) is 11.6. The highest BCUT2D eigenvalue weighted by Crippen LogP contribution is 2.45. The summed E-state index contributed by atoms with van der Waals surface area (Å²) in [5.41, 5.74) is 4.61. The maximum Gasteiger partial charge on any atom is 0.328 e. The van der Waals surface area contributed by atoms with Gasteiger partial charge in [0.15, 0.2) is 0 Å². The molecule has 9 heteroatoms. The summed E-state index contributed by atoms with van der Waals surface area (Å²) < 4.78 is 31.1. The number of sulfonamides is 1. The van der Waals surface area contributed by atoms with Gasteiger partial charge in [-0.1, -0.05) is 17.7 Å². The Balaban J connectivity index is 2.23. The Kier molecular flexibility index (Phi) is 6.74. The van der Waals surface area contributed by atoms with E-state index in [2.05, 4.69) is 4.72 Å². The van der Waals surface area contributed by atoms with Gasteiger partial charge < -0.3 is 9.84 Å². The first-order chi connectivity index (χ1) is 14.6. The molecule has 0 amide bonds. The molecule has 0 bridgehead atoms. The smallest absolute Gasteiger partial charge is 0.328 e. The van der Waals surface area contributed by atoms with Gasteiger partial charge in [-0.2, -0.15) is 0 Å². The van der Waals surface area contributed by atoms with Crippen molar-refractivity contribution in [2.45, 2.75) is 6.92 Å². The Hall–Kier alpha value is -2.81. The van der Waals surface area contributed by atoms with Crippen LogP contribution in [0.4, 0.5) is 5.69 Å². The zero-order valence-corrected chi connectivity index (χ0v) is 19.4. The number of carbonyl (C=O) groups is 1. The van der Waals surface area contributed by atoms with Gasteiger partial charge in [0.1, 0.15) is 5.75 Å². The number of methoxy groups -OCH3 is 1. The Morgan fingerprint density at radius 1 is 1.16 bits per heavy atom. The third kappa shape index (κ3) is 5.46. The van der Waals surface area contributed by atoms with Gasteiger partial charge in [-0.05, 0) is 59.8 Å². The quantitative estimate of drug-likeness (QED) is 0.437. The average Bonchev–Trinajstić information content (AvgIpc) is 3.08. The van der Waals surface area contributed by atoms with E-state index in [4.69, 9.17) is 21.4 Å². The topological polar surface area (TPSA) is 92.7 Å². The lowest BCUT2D eigenvalue weighted by molar-refractivity contribution is -0.131. The van der Waals surface area contributed by atoms with Crippen molar-refractivity contribution in [3.05, 3.63) is 63.3 Å². The lowest BCUT2D eigenvalue weighted by atomic mass is 9.93. The van der Waals surface area contributed by atoms with Crippen LogP contribution in [0.3, 0.4) is 0 Å². The van der Waals surface area contributed by atoms with Gasteiger partial charge in [0, 0.05) is 38.4 Å². The van der Waals surface area contributed by atoms with Crippen molar-refractivity contribution in [3.8, 4) is 28.0 Å². The fraction of sp³-hybridized carbons (Fsp3) is 0.136. The highest BCUT2D eigenvalue weighted by Gasteiger charge is 2.19. The summed E-state index contributed by atoms with van der Waals surface area (Å²) in [6.07, 6.45) is 3.73. The molecule has 0 aliphatic rings. The zero-order chi connectivity index (χ0) is 22.8. The number of benzene rings is 2. The van der Waals surface area contributed by atoms with Crippen LogP contribution >= 0.6 is 22.9 Å². The molecule has 6 nitrogen and oxygen atoms in total. The van der Waals surface area contributed by atoms with Crippen LogP contribution in [0.2, 0.25) is 5.02 Å². The fourth-order valence-corrected chi connectivity index (χ4v) is 4.92. The van der Waals surface area contributed by atoms with Gasteiger partial charge in [0.2, 0.25) is 10.0 Å². The number of anilines is 1. The molecule has 0 aliphatic heterocycles. The Morgan fingerprint density at radius 3 is 2.48 bits per heavy atom. The number of carboxylic acid groups (broad SMARTS) is 1.